The minimum absolute atomic E-state index is 0.313. The van der Waals surface area contributed by atoms with Crippen LogP contribution in [0.2, 0.25) is 0 Å². The molecule has 0 amide bonds. The Hall–Kier alpha value is -1.48. The maximum Gasteiger partial charge on any atom is 0.338 e. The summed E-state index contributed by atoms with van der Waals surface area (Å²) in [7, 11) is 0. The first-order valence-corrected chi connectivity index (χ1v) is 6.36. The van der Waals surface area contributed by atoms with Gasteiger partial charge in [-0.3, -0.25) is 0 Å². The molecule has 0 aliphatic heterocycles. The highest BCUT2D eigenvalue weighted by molar-refractivity contribution is 6.17. The molecule has 0 spiro atoms. The highest BCUT2D eigenvalue weighted by Crippen LogP contribution is 2.09. The summed E-state index contributed by atoms with van der Waals surface area (Å²) in [5.41, 5.74) is 1.45. The van der Waals surface area contributed by atoms with Crippen molar-refractivity contribution in [3.05, 3.63) is 48.2 Å². The summed E-state index contributed by atoms with van der Waals surface area (Å²) >= 11 is 5.70. The molecule has 0 radical (unpaired) electrons. The van der Waals surface area contributed by atoms with Gasteiger partial charge < -0.3 is 9.47 Å². The predicted octanol–water partition coefficient (Wildman–Crippen LogP) is 3.52. The topological polar surface area (TPSA) is 35.5 Å². The summed E-state index contributed by atoms with van der Waals surface area (Å²) in [6.07, 6.45) is 3.01. The van der Waals surface area contributed by atoms with Gasteiger partial charge in [0.25, 0.3) is 0 Å². The van der Waals surface area contributed by atoms with Crippen LogP contribution in [0.4, 0.5) is 0 Å². The van der Waals surface area contributed by atoms with Crippen LogP contribution in [0.15, 0.2) is 37.1 Å². The lowest BCUT2D eigenvalue weighted by molar-refractivity contribution is 0.0491. The fraction of sp³-hybridized carbons (Fsp3) is 0.357. The molecule has 0 unspecified atom stereocenters. The number of rotatable bonds is 8. The predicted molar refractivity (Wildman–Crippen MR) is 71.7 cm³/mol. The van der Waals surface area contributed by atoms with Gasteiger partial charge in [-0.15, -0.1) is 11.6 Å². The Morgan fingerprint density at radius 1 is 1.33 bits per heavy atom. The molecule has 0 heterocycles. The number of unbranched alkanes of at least 4 members (excludes halogenated alkanes) is 1. The van der Waals surface area contributed by atoms with Crippen LogP contribution in [0.25, 0.3) is 0 Å². The van der Waals surface area contributed by atoms with Crippen molar-refractivity contribution in [2.24, 2.45) is 0 Å². The molecule has 0 bridgehead atoms. The van der Waals surface area contributed by atoms with Crippen LogP contribution in [-0.2, 0) is 15.4 Å². The van der Waals surface area contributed by atoms with E-state index in [2.05, 4.69) is 6.58 Å². The average Bonchev–Trinajstić information content (AvgIpc) is 2.42. The number of carbonyl (C=O) groups is 1. The Morgan fingerprint density at radius 3 is 2.83 bits per heavy atom. The number of esters is 1. The summed E-state index contributed by atoms with van der Waals surface area (Å²) in [5.74, 6) is 0.0756. The smallest absolute Gasteiger partial charge is 0.338 e. The standard InChI is InChI=1S/C14H17ClO3/c1-2-17-8-3-4-9-18-14(16)13-7-5-6-12(10-13)11-15/h2,5-7,10H,1,3-4,8-9,11H2. The van der Waals surface area contributed by atoms with E-state index in [1.54, 1.807) is 18.2 Å². The van der Waals surface area contributed by atoms with Crippen LogP contribution in [-0.4, -0.2) is 19.2 Å². The van der Waals surface area contributed by atoms with E-state index in [1.165, 1.54) is 6.26 Å². The van der Waals surface area contributed by atoms with Gasteiger partial charge in [0.1, 0.15) is 0 Å². The van der Waals surface area contributed by atoms with Gasteiger partial charge in [0.05, 0.1) is 25.0 Å². The lowest BCUT2D eigenvalue weighted by Gasteiger charge is -2.05. The number of hydrogen-bond acceptors (Lipinski definition) is 3. The van der Waals surface area contributed by atoms with Gasteiger partial charge in [-0.05, 0) is 30.5 Å². The molecule has 98 valence electrons. The van der Waals surface area contributed by atoms with Crippen molar-refractivity contribution in [2.75, 3.05) is 13.2 Å². The Bertz CT molecular complexity index is 390. The number of alkyl halides is 1. The maximum absolute atomic E-state index is 11.7. The second kappa shape index (κ2) is 8.59. The molecule has 0 aromatic heterocycles. The molecule has 0 fully saturated rings. The van der Waals surface area contributed by atoms with E-state index in [9.17, 15) is 4.79 Å². The first kappa shape index (κ1) is 14.6. The number of ether oxygens (including phenoxy) is 2. The molecule has 0 aliphatic carbocycles. The zero-order chi connectivity index (χ0) is 13.2. The monoisotopic (exact) mass is 268 g/mol. The van der Waals surface area contributed by atoms with Crippen molar-refractivity contribution < 1.29 is 14.3 Å². The number of carbonyl (C=O) groups excluding carboxylic acids is 1. The molecular weight excluding hydrogens is 252 g/mol. The molecule has 0 atom stereocenters. The van der Waals surface area contributed by atoms with Crippen LogP contribution < -0.4 is 0 Å². The highest BCUT2D eigenvalue weighted by Gasteiger charge is 2.07. The fourth-order valence-corrected chi connectivity index (χ4v) is 1.57. The van der Waals surface area contributed by atoms with Crippen LogP contribution in [0.3, 0.4) is 0 Å². The number of hydrogen-bond donors (Lipinski definition) is 0. The molecule has 1 rings (SSSR count). The van der Waals surface area contributed by atoms with Crippen LogP contribution >= 0.6 is 11.6 Å². The van der Waals surface area contributed by atoms with Crippen molar-refractivity contribution in [3.63, 3.8) is 0 Å². The molecule has 0 saturated carbocycles. The first-order chi connectivity index (χ1) is 8.77. The highest BCUT2D eigenvalue weighted by atomic mass is 35.5. The molecule has 4 heteroatoms. The van der Waals surface area contributed by atoms with Gasteiger partial charge in [0, 0.05) is 5.88 Å². The van der Waals surface area contributed by atoms with Crippen molar-refractivity contribution in [3.8, 4) is 0 Å². The molecule has 18 heavy (non-hydrogen) atoms. The lowest BCUT2D eigenvalue weighted by Crippen LogP contribution is -2.07. The molecule has 1 aromatic carbocycles. The van der Waals surface area contributed by atoms with E-state index in [4.69, 9.17) is 21.1 Å². The van der Waals surface area contributed by atoms with Gasteiger partial charge in [-0.25, -0.2) is 4.79 Å². The van der Waals surface area contributed by atoms with Crippen LogP contribution in [0.5, 0.6) is 0 Å². The number of benzene rings is 1. The van der Waals surface area contributed by atoms with Crippen molar-refractivity contribution in [1.82, 2.24) is 0 Å². The molecule has 3 nitrogen and oxygen atoms in total. The van der Waals surface area contributed by atoms with E-state index in [0.717, 1.165) is 18.4 Å². The first-order valence-electron chi connectivity index (χ1n) is 5.82. The Morgan fingerprint density at radius 2 is 2.11 bits per heavy atom. The molecule has 0 N–H and O–H groups in total. The van der Waals surface area contributed by atoms with E-state index >= 15 is 0 Å². The van der Waals surface area contributed by atoms with Crippen molar-refractivity contribution >= 4 is 17.6 Å². The largest absolute Gasteiger partial charge is 0.502 e. The summed E-state index contributed by atoms with van der Waals surface area (Å²) in [4.78, 5) is 11.7. The van der Waals surface area contributed by atoms with E-state index in [-0.39, 0.29) is 5.97 Å². The van der Waals surface area contributed by atoms with Gasteiger partial charge in [0.2, 0.25) is 0 Å². The van der Waals surface area contributed by atoms with Gasteiger partial charge in [-0.1, -0.05) is 18.7 Å². The van der Waals surface area contributed by atoms with Crippen LogP contribution in [0, 0.1) is 0 Å². The molecule has 0 aliphatic rings. The quantitative estimate of drug-likeness (QED) is 0.313. The van der Waals surface area contributed by atoms with Gasteiger partial charge >= 0.3 is 5.97 Å². The summed E-state index contributed by atoms with van der Waals surface area (Å²) in [5, 5.41) is 0. The minimum Gasteiger partial charge on any atom is -0.502 e. The Kier molecular flexibility index (Phi) is 6.96. The maximum atomic E-state index is 11.7. The van der Waals surface area contributed by atoms with Crippen molar-refractivity contribution in [1.29, 1.82) is 0 Å². The zero-order valence-electron chi connectivity index (χ0n) is 10.2. The summed E-state index contributed by atoms with van der Waals surface area (Å²) in [6.45, 7) is 4.44. The van der Waals surface area contributed by atoms with Crippen molar-refractivity contribution in [2.45, 2.75) is 18.7 Å². The third-order valence-corrected chi connectivity index (χ3v) is 2.63. The van der Waals surface area contributed by atoms with E-state index in [0.29, 0.717) is 24.7 Å². The Balaban J connectivity index is 2.29. The zero-order valence-corrected chi connectivity index (χ0v) is 11.0. The number of halogens is 1. The third-order valence-electron chi connectivity index (χ3n) is 2.32. The van der Waals surface area contributed by atoms with Crippen LogP contribution in [0.1, 0.15) is 28.8 Å². The second-order valence-electron chi connectivity index (χ2n) is 3.71. The van der Waals surface area contributed by atoms with Gasteiger partial charge in [0.15, 0.2) is 0 Å². The SMILES string of the molecule is C=COCCCCOC(=O)c1cccc(CCl)c1. The fourth-order valence-electron chi connectivity index (χ4n) is 1.40. The normalized spacial score (nSPS) is 9.83. The third kappa shape index (κ3) is 5.23. The van der Waals surface area contributed by atoms with E-state index < -0.39 is 0 Å². The Labute approximate surface area is 112 Å². The summed E-state index contributed by atoms with van der Waals surface area (Å²) in [6, 6.07) is 7.14. The molecule has 0 saturated heterocycles. The summed E-state index contributed by atoms with van der Waals surface area (Å²) < 4.78 is 10.1. The average molecular weight is 269 g/mol. The molecular formula is C14H17ClO3. The van der Waals surface area contributed by atoms with E-state index in [1.807, 2.05) is 6.07 Å². The lowest BCUT2D eigenvalue weighted by atomic mass is 10.1. The second-order valence-corrected chi connectivity index (χ2v) is 3.98. The molecule has 1 aromatic rings. The minimum atomic E-state index is -0.313. The van der Waals surface area contributed by atoms with Gasteiger partial charge in [-0.2, -0.15) is 0 Å².